The second-order valence-electron chi connectivity index (χ2n) is 6.91. The normalized spacial score (nSPS) is 13.9. The number of carbonyl (C=O) groups excluding carboxylic acids is 2. The molecule has 1 aromatic rings. The Morgan fingerprint density at radius 3 is 1.91 bits per heavy atom. The average molecular weight is 339 g/mol. The summed E-state index contributed by atoms with van der Waals surface area (Å²) in [6.07, 6.45) is 0.285. The Balaban J connectivity index is 3.05. The third kappa shape index (κ3) is 4.72. The van der Waals surface area contributed by atoms with Gasteiger partial charge in [-0.05, 0) is 31.0 Å². The molecule has 0 N–H and O–H groups in total. The molecule has 23 heavy (non-hydrogen) atoms. The van der Waals surface area contributed by atoms with Gasteiger partial charge in [0.25, 0.3) is 0 Å². The average Bonchev–Trinajstić information content (AvgIpc) is 2.43. The maximum atomic E-state index is 12.4. The minimum atomic E-state index is -3.48. The van der Waals surface area contributed by atoms with E-state index in [2.05, 4.69) is 0 Å². The molecule has 1 rings (SSSR count). The molecule has 0 heterocycles. The van der Waals surface area contributed by atoms with Crippen molar-refractivity contribution in [3.63, 3.8) is 0 Å². The Labute approximate surface area is 138 Å². The van der Waals surface area contributed by atoms with Crippen LogP contribution in [0, 0.1) is 11.3 Å². The molecular weight excluding hydrogens is 314 g/mol. The molecule has 0 aliphatic rings. The molecule has 0 spiro atoms. The summed E-state index contributed by atoms with van der Waals surface area (Å²) in [5.74, 6) is -0.976. The summed E-state index contributed by atoms with van der Waals surface area (Å²) in [4.78, 5) is 24.4. The number of sulfonamides is 1. The van der Waals surface area contributed by atoms with Crippen LogP contribution in [0.2, 0.25) is 0 Å². The number of rotatable bonds is 6. The maximum absolute atomic E-state index is 12.4. The summed E-state index contributed by atoms with van der Waals surface area (Å²) in [7, 11) is -0.540. The predicted molar refractivity (Wildman–Crippen MR) is 89.7 cm³/mol. The van der Waals surface area contributed by atoms with Crippen molar-refractivity contribution in [1.82, 2.24) is 4.31 Å². The zero-order chi connectivity index (χ0) is 18.0. The molecule has 0 aliphatic heterocycles. The molecular formula is C17H25NO4S. The highest BCUT2D eigenvalue weighted by atomic mass is 32.2. The standard InChI is InChI=1S/C17H25NO4S/c1-12(19)15(16(20)17(2,3)4)11-13-7-9-14(10-8-13)23(21,22)18(5)6/h7-10,15H,11H2,1-6H3. The Morgan fingerprint density at radius 1 is 1.09 bits per heavy atom. The summed E-state index contributed by atoms with van der Waals surface area (Å²) >= 11 is 0. The molecule has 6 heteroatoms. The van der Waals surface area contributed by atoms with Gasteiger partial charge in [0.05, 0.1) is 10.8 Å². The lowest BCUT2D eigenvalue weighted by molar-refractivity contribution is -0.136. The molecule has 5 nitrogen and oxygen atoms in total. The second-order valence-corrected chi connectivity index (χ2v) is 9.06. The zero-order valence-corrected chi connectivity index (χ0v) is 15.4. The van der Waals surface area contributed by atoms with Crippen LogP contribution in [0.3, 0.4) is 0 Å². The Hall–Kier alpha value is -1.53. The van der Waals surface area contributed by atoms with E-state index >= 15 is 0 Å². The van der Waals surface area contributed by atoms with Crippen molar-refractivity contribution in [2.75, 3.05) is 14.1 Å². The van der Waals surface area contributed by atoms with Gasteiger partial charge in [0.1, 0.15) is 11.6 Å². The Bertz CT molecular complexity index is 682. The highest BCUT2D eigenvalue weighted by Crippen LogP contribution is 2.24. The van der Waals surface area contributed by atoms with E-state index in [0.717, 1.165) is 9.87 Å². The van der Waals surface area contributed by atoms with Gasteiger partial charge in [-0.2, -0.15) is 0 Å². The van der Waals surface area contributed by atoms with Crippen molar-refractivity contribution in [3.8, 4) is 0 Å². The van der Waals surface area contributed by atoms with E-state index in [9.17, 15) is 18.0 Å². The van der Waals surface area contributed by atoms with Crippen molar-refractivity contribution in [2.24, 2.45) is 11.3 Å². The molecule has 128 valence electrons. The quantitative estimate of drug-likeness (QED) is 0.746. The largest absolute Gasteiger partial charge is 0.299 e. The first kappa shape index (κ1) is 19.5. The number of ketones is 2. The SMILES string of the molecule is CC(=O)C(Cc1ccc(S(=O)(=O)N(C)C)cc1)C(=O)C(C)(C)C. The number of hydrogen-bond acceptors (Lipinski definition) is 4. The van der Waals surface area contributed by atoms with Crippen LogP contribution in [0.25, 0.3) is 0 Å². The van der Waals surface area contributed by atoms with Gasteiger partial charge in [-0.3, -0.25) is 9.59 Å². The van der Waals surface area contributed by atoms with Crippen molar-refractivity contribution >= 4 is 21.6 Å². The van der Waals surface area contributed by atoms with Gasteiger partial charge in [-0.15, -0.1) is 0 Å². The van der Waals surface area contributed by atoms with Crippen molar-refractivity contribution in [2.45, 2.75) is 39.0 Å². The smallest absolute Gasteiger partial charge is 0.242 e. The first-order valence-corrected chi connectivity index (χ1v) is 8.87. The second kappa shape index (κ2) is 6.93. The number of nitrogens with zero attached hydrogens (tertiary/aromatic N) is 1. The van der Waals surface area contributed by atoms with E-state index in [1.54, 1.807) is 32.9 Å². The molecule has 0 saturated carbocycles. The number of hydrogen-bond donors (Lipinski definition) is 0. The molecule has 0 saturated heterocycles. The minimum Gasteiger partial charge on any atom is -0.299 e. The Morgan fingerprint density at radius 2 is 1.57 bits per heavy atom. The lowest BCUT2D eigenvalue weighted by atomic mass is 9.79. The van der Waals surface area contributed by atoms with Crippen LogP contribution in [-0.4, -0.2) is 38.4 Å². The molecule has 0 radical (unpaired) electrons. The van der Waals surface area contributed by atoms with Gasteiger partial charge in [0, 0.05) is 19.5 Å². The van der Waals surface area contributed by atoms with Crippen LogP contribution in [0.1, 0.15) is 33.3 Å². The highest BCUT2D eigenvalue weighted by Gasteiger charge is 2.32. The van der Waals surface area contributed by atoms with E-state index in [1.807, 2.05) is 0 Å². The summed E-state index contributed by atoms with van der Waals surface area (Å²) in [5, 5.41) is 0. The third-order valence-corrected chi connectivity index (χ3v) is 5.52. The lowest BCUT2D eigenvalue weighted by Gasteiger charge is -2.23. The van der Waals surface area contributed by atoms with Crippen LogP contribution in [-0.2, 0) is 26.0 Å². The summed E-state index contributed by atoms with van der Waals surface area (Å²) < 4.78 is 25.2. The van der Waals surface area contributed by atoms with Crippen molar-refractivity contribution < 1.29 is 18.0 Å². The van der Waals surface area contributed by atoms with Gasteiger partial charge in [-0.25, -0.2) is 12.7 Å². The van der Waals surface area contributed by atoms with Gasteiger partial charge < -0.3 is 0 Å². The van der Waals surface area contributed by atoms with E-state index in [-0.39, 0.29) is 22.9 Å². The summed E-state index contributed by atoms with van der Waals surface area (Å²) in [5.41, 5.74) is 0.172. The number of carbonyl (C=O) groups is 2. The monoisotopic (exact) mass is 339 g/mol. The number of Topliss-reactive ketones (excluding diaryl/α,β-unsaturated/α-hetero) is 2. The zero-order valence-electron chi connectivity index (χ0n) is 14.6. The molecule has 1 atom stereocenters. The van der Waals surface area contributed by atoms with Crippen LogP contribution < -0.4 is 0 Å². The van der Waals surface area contributed by atoms with E-state index in [4.69, 9.17) is 0 Å². The van der Waals surface area contributed by atoms with E-state index < -0.39 is 21.4 Å². The minimum absolute atomic E-state index is 0.102. The first-order chi connectivity index (χ1) is 10.4. The first-order valence-electron chi connectivity index (χ1n) is 7.43. The van der Waals surface area contributed by atoms with E-state index in [1.165, 1.54) is 33.2 Å². The molecule has 0 aliphatic carbocycles. The molecule has 0 aromatic heterocycles. The molecule has 0 bridgehead atoms. The fourth-order valence-electron chi connectivity index (χ4n) is 2.19. The van der Waals surface area contributed by atoms with Gasteiger partial charge >= 0.3 is 0 Å². The van der Waals surface area contributed by atoms with Gasteiger partial charge in [0.2, 0.25) is 10.0 Å². The molecule has 1 aromatic carbocycles. The van der Waals surface area contributed by atoms with Crippen molar-refractivity contribution in [3.05, 3.63) is 29.8 Å². The fourth-order valence-corrected chi connectivity index (χ4v) is 3.09. The predicted octanol–water partition coefficient (Wildman–Crippen LogP) is 2.30. The molecule has 1 unspecified atom stereocenters. The summed E-state index contributed by atoms with van der Waals surface area (Å²) in [6.45, 7) is 6.78. The van der Waals surface area contributed by atoms with E-state index in [0.29, 0.717) is 0 Å². The third-order valence-electron chi connectivity index (χ3n) is 3.69. The maximum Gasteiger partial charge on any atom is 0.242 e. The van der Waals surface area contributed by atoms with Gasteiger partial charge in [0.15, 0.2) is 0 Å². The molecule has 0 amide bonds. The fraction of sp³-hybridized carbons (Fsp3) is 0.529. The number of benzene rings is 1. The summed E-state index contributed by atoms with van der Waals surface area (Å²) in [6, 6.07) is 6.32. The Kier molecular flexibility index (Phi) is 5.88. The molecule has 0 fully saturated rings. The van der Waals surface area contributed by atoms with Crippen LogP contribution in [0.15, 0.2) is 29.2 Å². The van der Waals surface area contributed by atoms with Crippen LogP contribution >= 0.6 is 0 Å². The topological polar surface area (TPSA) is 71.5 Å². The van der Waals surface area contributed by atoms with Crippen LogP contribution in [0.5, 0.6) is 0 Å². The van der Waals surface area contributed by atoms with Crippen LogP contribution in [0.4, 0.5) is 0 Å². The van der Waals surface area contributed by atoms with Crippen molar-refractivity contribution in [1.29, 1.82) is 0 Å². The van der Waals surface area contributed by atoms with Gasteiger partial charge in [-0.1, -0.05) is 32.9 Å². The lowest BCUT2D eigenvalue weighted by Crippen LogP contribution is -2.34. The highest BCUT2D eigenvalue weighted by molar-refractivity contribution is 7.89.